The van der Waals surface area contributed by atoms with Crippen LogP contribution in [0, 0.1) is 0 Å². The molecule has 3 nitrogen and oxygen atoms in total. The second-order valence-electron chi connectivity index (χ2n) is 3.42. The van der Waals surface area contributed by atoms with Crippen LogP contribution in [0.3, 0.4) is 0 Å². The molecule has 0 saturated carbocycles. The number of thiophene rings is 1. The summed E-state index contributed by atoms with van der Waals surface area (Å²) < 4.78 is 2.09. The molecule has 1 unspecified atom stereocenters. The van der Waals surface area contributed by atoms with Gasteiger partial charge in [0.15, 0.2) is 0 Å². The van der Waals surface area contributed by atoms with Gasteiger partial charge in [-0.25, -0.2) is 4.98 Å². The number of nitrogens with two attached hydrogens (primary N) is 1. The van der Waals surface area contributed by atoms with Gasteiger partial charge in [0.2, 0.25) is 0 Å². The van der Waals surface area contributed by atoms with Gasteiger partial charge in [0.25, 0.3) is 0 Å². The molecule has 2 aromatic heterocycles. The van der Waals surface area contributed by atoms with E-state index < -0.39 is 0 Å². The van der Waals surface area contributed by atoms with Gasteiger partial charge in [0.05, 0.1) is 18.2 Å². The Bertz CT molecular complexity index is 389. The lowest BCUT2D eigenvalue weighted by Gasteiger charge is -2.09. The van der Waals surface area contributed by atoms with Crippen molar-refractivity contribution in [1.29, 1.82) is 0 Å². The monoisotopic (exact) mass is 207 g/mol. The fraction of sp³-hybridized carbons (Fsp3) is 0.300. The normalized spacial score (nSPS) is 13.0. The zero-order chi connectivity index (χ0) is 9.97. The highest BCUT2D eigenvalue weighted by Crippen LogP contribution is 2.21. The Hall–Kier alpha value is -1.13. The standard InChI is InChI=1S/C10H13N3S/c1-8(11)5-13-7-12-4-10(13)9-2-3-14-6-9/h2-4,6-8H,5,11H2,1H3. The molecule has 0 saturated heterocycles. The Kier molecular flexibility index (Phi) is 2.65. The van der Waals surface area contributed by atoms with Crippen LogP contribution in [-0.4, -0.2) is 15.6 Å². The molecule has 2 N–H and O–H groups in total. The largest absolute Gasteiger partial charge is 0.329 e. The molecule has 4 heteroatoms. The summed E-state index contributed by atoms with van der Waals surface area (Å²) in [6.45, 7) is 2.81. The third-order valence-corrected chi connectivity index (χ3v) is 2.70. The molecule has 14 heavy (non-hydrogen) atoms. The third kappa shape index (κ3) is 1.86. The van der Waals surface area contributed by atoms with E-state index in [-0.39, 0.29) is 6.04 Å². The maximum absolute atomic E-state index is 5.76. The Morgan fingerprint density at radius 3 is 3.14 bits per heavy atom. The molecule has 2 heterocycles. The van der Waals surface area contributed by atoms with Gasteiger partial charge >= 0.3 is 0 Å². The molecule has 0 aliphatic heterocycles. The van der Waals surface area contributed by atoms with Crippen molar-refractivity contribution in [2.24, 2.45) is 5.73 Å². The molecule has 0 aromatic carbocycles. The van der Waals surface area contributed by atoms with Crippen molar-refractivity contribution in [1.82, 2.24) is 9.55 Å². The van der Waals surface area contributed by atoms with Crippen molar-refractivity contribution in [2.75, 3.05) is 0 Å². The van der Waals surface area contributed by atoms with E-state index in [2.05, 4.69) is 26.4 Å². The first kappa shape index (κ1) is 9.43. The molecule has 1 atom stereocenters. The first-order valence-corrected chi connectivity index (χ1v) is 5.50. The highest BCUT2D eigenvalue weighted by atomic mass is 32.1. The number of rotatable bonds is 3. The van der Waals surface area contributed by atoms with Crippen molar-refractivity contribution in [2.45, 2.75) is 19.5 Å². The first-order chi connectivity index (χ1) is 6.77. The van der Waals surface area contributed by atoms with E-state index in [9.17, 15) is 0 Å². The number of imidazole rings is 1. The summed E-state index contributed by atoms with van der Waals surface area (Å²) >= 11 is 1.69. The third-order valence-electron chi connectivity index (χ3n) is 2.01. The first-order valence-electron chi connectivity index (χ1n) is 4.55. The van der Waals surface area contributed by atoms with E-state index in [1.807, 2.05) is 19.4 Å². The highest BCUT2D eigenvalue weighted by molar-refractivity contribution is 7.08. The van der Waals surface area contributed by atoms with Gasteiger partial charge in [-0.1, -0.05) is 0 Å². The van der Waals surface area contributed by atoms with Crippen molar-refractivity contribution in [3.8, 4) is 11.3 Å². The smallest absolute Gasteiger partial charge is 0.0951 e. The van der Waals surface area contributed by atoms with Crippen LogP contribution in [0.5, 0.6) is 0 Å². The summed E-state index contributed by atoms with van der Waals surface area (Å²) in [6, 6.07) is 2.25. The van der Waals surface area contributed by atoms with Crippen LogP contribution in [0.15, 0.2) is 29.4 Å². The van der Waals surface area contributed by atoms with E-state index in [0.29, 0.717) is 0 Å². The zero-order valence-electron chi connectivity index (χ0n) is 8.05. The second kappa shape index (κ2) is 3.94. The summed E-state index contributed by atoms with van der Waals surface area (Å²) in [5.41, 5.74) is 8.12. The van der Waals surface area contributed by atoms with Crippen LogP contribution >= 0.6 is 11.3 Å². The Balaban J connectivity index is 2.30. The van der Waals surface area contributed by atoms with Crippen molar-refractivity contribution in [3.05, 3.63) is 29.4 Å². The van der Waals surface area contributed by atoms with E-state index in [4.69, 9.17) is 5.73 Å². The molecular formula is C10H13N3S. The highest BCUT2D eigenvalue weighted by Gasteiger charge is 2.06. The minimum Gasteiger partial charge on any atom is -0.329 e. The number of aromatic nitrogens is 2. The Labute approximate surface area is 87.2 Å². The van der Waals surface area contributed by atoms with Gasteiger partial charge < -0.3 is 10.3 Å². The van der Waals surface area contributed by atoms with Gasteiger partial charge in [-0.3, -0.25) is 0 Å². The van der Waals surface area contributed by atoms with Gasteiger partial charge in [-0.2, -0.15) is 11.3 Å². The minimum atomic E-state index is 0.154. The van der Waals surface area contributed by atoms with Crippen molar-refractivity contribution < 1.29 is 0 Å². The second-order valence-corrected chi connectivity index (χ2v) is 4.20. The maximum atomic E-state index is 5.76. The average Bonchev–Trinajstić information content (AvgIpc) is 2.70. The van der Waals surface area contributed by atoms with Crippen molar-refractivity contribution >= 4 is 11.3 Å². The number of nitrogens with zero attached hydrogens (tertiary/aromatic N) is 2. The van der Waals surface area contributed by atoms with Crippen LogP contribution in [0.4, 0.5) is 0 Å². The fourth-order valence-corrected chi connectivity index (χ4v) is 2.08. The minimum absolute atomic E-state index is 0.154. The Morgan fingerprint density at radius 1 is 1.64 bits per heavy atom. The van der Waals surface area contributed by atoms with Gasteiger partial charge in [0.1, 0.15) is 0 Å². The molecule has 0 fully saturated rings. The SMILES string of the molecule is CC(N)Cn1cncc1-c1ccsc1. The van der Waals surface area contributed by atoms with E-state index in [0.717, 1.165) is 12.2 Å². The summed E-state index contributed by atoms with van der Waals surface area (Å²) in [7, 11) is 0. The summed E-state index contributed by atoms with van der Waals surface area (Å²) in [4.78, 5) is 4.14. The zero-order valence-corrected chi connectivity index (χ0v) is 8.87. The average molecular weight is 207 g/mol. The van der Waals surface area contributed by atoms with Gasteiger partial charge in [-0.05, 0) is 18.4 Å². The lowest BCUT2D eigenvalue weighted by Crippen LogP contribution is -2.22. The molecule has 0 aliphatic carbocycles. The molecule has 2 aromatic rings. The Morgan fingerprint density at radius 2 is 2.50 bits per heavy atom. The fourth-order valence-electron chi connectivity index (χ4n) is 1.43. The van der Waals surface area contributed by atoms with Gasteiger partial charge in [0, 0.05) is 23.5 Å². The molecule has 0 amide bonds. The molecule has 0 radical (unpaired) electrons. The maximum Gasteiger partial charge on any atom is 0.0951 e. The lowest BCUT2D eigenvalue weighted by atomic mass is 10.2. The van der Waals surface area contributed by atoms with Crippen LogP contribution in [-0.2, 0) is 6.54 Å². The van der Waals surface area contributed by atoms with E-state index in [1.165, 1.54) is 5.56 Å². The predicted octanol–water partition coefficient (Wildman–Crippen LogP) is 1.96. The van der Waals surface area contributed by atoms with Crippen LogP contribution in [0.1, 0.15) is 6.92 Å². The molecule has 0 spiro atoms. The molecule has 0 bridgehead atoms. The van der Waals surface area contributed by atoms with Crippen LogP contribution in [0.2, 0.25) is 0 Å². The topological polar surface area (TPSA) is 43.8 Å². The predicted molar refractivity (Wildman–Crippen MR) is 59.2 cm³/mol. The summed E-state index contributed by atoms with van der Waals surface area (Å²) in [6.07, 6.45) is 3.71. The quantitative estimate of drug-likeness (QED) is 0.836. The molecule has 2 rings (SSSR count). The lowest BCUT2D eigenvalue weighted by molar-refractivity contribution is 0.593. The molecule has 0 aliphatic rings. The summed E-state index contributed by atoms with van der Waals surface area (Å²) in [5.74, 6) is 0. The van der Waals surface area contributed by atoms with Crippen LogP contribution in [0.25, 0.3) is 11.3 Å². The van der Waals surface area contributed by atoms with Crippen LogP contribution < -0.4 is 5.73 Å². The molecular weight excluding hydrogens is 194 g/mol. The van der Waals surface area contributed by atoms with E-state index >= 15 is 0 Å². The van der Waals surface area contributed by atoms with Gasteiger partial charge in [-0.15, -0.1) is 0 Å². The summed E-state index contributed by atoms with van der Waals surface area (Å²) in [5, 5.41) is 4.19. The van der Waals surface area contributed by atoms with E-state index in [1.54, 1.807) is 11.3 Å². The van der Waals surface area contributed by atoms with Crippen molar-refractivity contribution in [3.63, 3.8) is 0 Å². The number of hydrogen-bond acceptors (Lipinski definition) is 3. The molecule has 74 valence electrons. The number of hydrogen-bond donors (Lipinski definition) is 1.